The van der Waals surface area contributed by atoms with Crippen LogP contribution in [0.1, 0.15) is 24.1 Å². The molecule has 2 heterocycles. The van der Waals surface area contributed by atoms with E-state index in [9.17, 15) is 0 Å². The maximum Gasteiger partial charge on any atom is 0.298 e. The summed E-state index contributed by atoms with van der Waals surface area (Å²) in [6.45, 7) is 1.30. The summed E-state index contributed by atoms with van der Waals surface area (Å²) < 4.78 is 5.51. The fourth-order valence-electron chi connectivity index (χ4n) is 1.84. The van der Waals surface area contributed by atoms with Crippen LogP contribution in [0.2, 0.25) is 0 Å². The van der Waals surface area contributed by atoms with Crippen molar-refractivity contribution >= 4 is 17.4 Å². The highest BCUT2D eigenvalue weighted by Gasteiger charge is 2.32. The average Bonchev–Trinajstić information content (AvgIpc) is 2.88. The number of nitrogens with zero attached hydrogens (tertiary/aromatic N) is 2. The van der Waals surface area contributed by atoms with Gasteiger partial charge < -0.3 is 15.1 Å². The molecule has 2 aromatic heterocycles. The molecule has 0 bridgehead atoms. The zero-order chi connectivity index (χ0) is 11.7. The van der Waals surface area contributed by atoms with Crippen LogP contribution in [0.25, 0.3) is 0 Å². The lowest BCUT2D eigenvalue weighted by molar-refractivity contribution is 0.528. The second-order valence-electron chi connectivity index (χ2n) is 4.32. The quantitative estimate of drug-likeness (QED) is 0.883. The highest BCUT2D eigenvalue weighted by Crippen LogP contribution is 2.32. The largest absolute Gasteiger partial charge is 0.432 e. The third kappa shape index (κ3) is 2.35. The first-order valence-corrected chi connectivity index (χ1v) is 6.73. The van der Waals surface area contributed by atoms with Gasteiger partial charge in [-0.1, -0.05) is 0 Å². The van der Waals surface area contributed by atoms with Crippen molar-refractivity contribution in [3.63, 3.8) is 0 Å². The van der Waals surface area contributed by atoms with E-state index in [0.29, 0.717) is 18.6 Å². The molecule has 0 aromatic carbocycles. The Morgan fingerprint density at radius 1 is 1.53 bits per heavy atom. The van der Waals surface area contributed by atoms with Crippen LogP contribution in [0.3, 0.4) is 0 Å². The number of hydrogen-bond donors (Lipinski definition) is 1. The van der Waals surface area contributed by atoms with Gasteiger partial charge >= 0.3 is 0 Å². The van der Waals surface area contributed by atoms with Crippen molar-refractivity contribution in [1.82, 2.24) is 4.98 Å². The fraction of sp³-hybridized carbons (Fsp3) is 0.417. The molecular weight excluding hydrogens is 234 g/mol. The van der Waals surface area contributed by atoms with Crippen LogP contribution in [0.4, 0.5) is 6.01 Å². The van der Waals surface area contributed by atoms with Crippen molar-refractivity contribution in [2.75, 3.05) is 4.90 Å². The van der Waals surface area contributed by atoms with Crippen LogP contribution in [-0.4, -0.2) is 11.0 Å². The monoisotopic (exact) mass is 249 g/mol. The van der Waals surface area contributed by atoms with Crippen LogP contribution in [0.5, 0.6) is 0 Å². The number of thiophene rings is 1. The molecule has 0 spiro atoms. The molecule has 2 aromatic rings. The standard InChI is InChI=1S/C12H15N3OS/c13-5-10-7-16-12(14-10)15(11-1-2-11)6-9-3-4-17-8-9/h3-4,7-8,11H,1-2,5-6,13H2. The van der Waals surface area contributed by atoms with E-state index >= 15 is 0 Å². The summed E-state index contributed by atoms with van der Waals surface area (Å²) in [6, 6.07) is 3.44. The Morgan fingerprint density at radius 3 is 3.00 bits per heavy atom. The summed E-state index contributed by atoms with van der Waals surface area (Å²) in [7, 11) is 0. The highest BCUT2D eigenvalue weighted by atomic mass is 32.1. The van der Waals surface area contributed by atoms with Crippen LogP contribution < -0.4 is 10.6 Å². The number of rotatable bonds is 5. The summed E-state index contributed by atoms with van der Waals surface area (Å²) in [4.78, 5) is 6.65. The summed E-state index contributed by atoms with van der Waals surface area (Å²) in [5.74, 6) is 0. The second kappa shape index (κ2) is 4.50. The third-order valence-corrected chi connectivity index (χ3v) is 3.65. The Hall–Kier alpha value is -1.33. The first-order chi connectivity index (χ1) is 8.36. The molecule has 0 atom stereocenters. The van der Waals surface area contributed by atoms with E-state index in [1.165, 1.54) is 18.4 Å². The molecule has 90 valence electrons. The molecule has 3 rings (SSSR count). The second-order valence-corrected chi connectivity index (χ2v) is 5.10. The fourth-order valence-corrected chi connectivity index (χ4v) is 2.50. The molecule has 0 amide bonds. The molecule has 2 N–H and O–H groups in total. The van der Waals surface area contributed by atoms with Crippen LogP contribution in [0, 0.1) is 0 Å². The first-order valence-electron chi connectivity index (χ1n) is 5.79. The lowest BCUT2D eigenvalue weighted by Crippen LogP contribution is -2.25. The van der Waals surface area contributed by atoms with Crippen molar-refractivity contribution < 1.29 is 4.42 Å². The van der Waals surface area contributed by atoms with Gasteiger partial charge in [-0.25, -0.2) is 0 Å². The minimum absolute atomic E-state index is 0.431. The number of oxazole rings is 1. The van der Waals surface area contributed by atoms with Gasteiger partial charge in [0.25, 0.3) is 6.01 Å². The van der Waals surface area contributed by atoms with Gasteiger partial charge in [0.2, 0.25) is 0 Å². The van der Waals surface area contributed by atoms with Crippen molar-refractivity contribution in [3.8, 4) is 0 Å². The maximum absolute atomic E-state index is 5.55. The van der Waals surface area contributed by atoms with Gasteiger partial charge in [0.15, 0.2) is 0 Å². The van der Waals surface area contributed by atoms with E-state index in [0.717, 1.165) is 12.2 Å². The zero-order valence-electron chi connectivity index (χ0n) is 9.50. The molecule has 0 saturated heterocycles. The number of aromatic nitrogens is 1. The van der Waals surface area contributed by atoms with Crippen LogP contribution >= 0.6 is 11.3 Å². The third-order valence-electron chi connectivity index (χ3n) is 2.92. The molecule has 1 fully saturated rings. The number of anilines is 1. The average molecular weight is 249 g/mol. The van der Waals surface area contributed by atoms with Gasteiger partial charge in [-0.3, -0.25) is 0 Å². The Balaban J connectivity index is 1.79. The summed E-state index contributed by atoms with van der Waals surface area (Å²) >= 11 is 1.72. The SMILES string of the molecule is NCc1coc(N(Cc2ccsc2)C2CC2)n1. The zero-order valence-corrected chi connectivity index (χ0v) is 10.3. The Bertz CT molecular complexity index is 476. The van der Waals surface area contributed by atoms with Crippen molar-refractivity contribution in [2.24, 2.45) is 5.73 Å². The van der Waals surface area contributed by atoms with Gasteiger partial charge in [-0.15, -0.1) is 0 Å². The smallest absolute Gasteiger partial charge is 0.298 e. The predicted molar refractivity (Wildman–Crippen MR) is 67.9 cm³/mol. The van der Waals surface area contributed by atoms with Gasteiger partial charge in [0.1, 0.15) is 6.26 Å². The molecule has 0 aliphatic heterocycles. The normalized spacial score (nSPS) is 15.1. The minimum Gasteiger partial charge on any atom is -0.432 e. The van der Waals surface area contributed by atoms with E-state index < -0.39 is 0 Å². The maximum atomic E-state index is 5.55. The predicted octanol–water partition coefficient (Wildman–Crippen LogP) is 2.36. The van der Waals surface area contributed by atoms with Gasteiger partial charge in [-0.05, 0) is 35.2 Å². The summed E-state index contributed by atoms with van der Waals surface area (Å²) in [5.41, 5.74) is 7.68. The lowest BCUT2D eigenvalue weighted by atomic mass is 10.3. The highest BCUT2D eigenvalue weighted by molar-refractivity contribution is 7.07. The van der Waals surface area contributed by atoms with Crippen LogP contribution in [0.15, 0.2) is 27.5 Å². The van der Waals surface area contributed by atoms with Crippen molar-refractivity contribution in [1.29, 1.82) is 0 Å². The van der Waals surface area contributed by atoms with Gasteiger partial charge in [0, 0.05) is 19.1 Å². The first kappa shape index (κ1) is 10.8. The topological polar surface area (TPSA) is 55.3 Å². The summed E-state index contributed by atoms with van der Waals surface area (Å²) in [6.07, 6.45) is 4.10. The summed E-state index contributed by atoms with van der Waals surface area (Å²) in [5, 5.41) is 4.27. The molecule has 1 aliphatic carbocycles. The minimum atomic E-state index is 0.431. The molecule has 0 unspecified atom stereocenters. The van der Waals surface area contributed by atoms with E-state index in [4.69, 9.17) is 10.2 Å². The van der Waals surface area contributed by atoms with Crippen molar-refractivity contribution in [3.05, 3.63) is 34.3 Å². The molecule has 1 aliphatic rings. The Kier molecular flexibility index (Phi) is 2.86. The lowest BCUT2D eigenvalue weighted by Gasteiger charge is -2.19. The molecule has 0 radical (unpaired) electrons. The van der Waals surface area contributed by atoms with Gasteiger partial charge in [0.05, 0.1) is 5.69 Å². The molecule has 5 heteroatoms. The van der Waals surface area contributed by atoms with Crippen molar-refractivity contribution in [2.45, 2.75) is 32.0 Å². The molecule has 17 heavy (non-hydrogen) atoms. The Labute approximate surface area is 104 Å². The molecular formula is C12H15N3OS. The van der Waals surface area contributed by atoms with E-state index in [2.05, 4.69) is 26.7 Å². The molecule has 4 nitrogen and oxygen atoms in total. The number of nitrogens with two attached hydrogens (primary N) is 1. The van der Waals surface area contributed by atoms with E-state index in [-0.39, 0.29) is 0 Å². The molecule has 1 saturated carbocycles. The van der Waals surface area contributed by atoms with Crippen LogP contribution in [-0.2, 0) is 13.1 Å². The Morgan fingerprint density at radius 2 is 2.41 bits per heavy atom. The van der Waals surface area contributed by atoms with E-state index in [1.54, 1.807) is 17.6 Å². The number of hydrogen-bond acceptors (Lipinski definition) is 5. The van der Waals surface area contributed by atoms with Gasteiger partial charge in [-0.2, -0.15) is 16.3 Å². The van der Waals surface area contributed by atoms with E-state index in [1.807, 2.05) is 0 Å².